The van der Waals surface area contributed by atoms with Crippen LogP contribution in [0, 0.1) is 12.8 Å². The average molecular weight is 314 g/mol. The predicted octanol–water partition coefficient (Wildman–Crippen LogP) is 0.221. The fourth-order valence-electron chi connectivity index (χ4n) is 3.57. The van der Waals surface area contributed by atoms with Gasteiger partial charge in [-0.1, -0.05) is 0 Å². The smallest absolute Gasteiger partial charge is 0.271 e. The molecule has 1 amide bonds. The zero-order valence-electron chi connectivity index (χ0n) is 11.7. The fourth-order valence-corrected chi connectivity index (χ4v) is 4.10. The molecule has 2 bridgehead atoms. The standard InChI is InChI=1S/C13H18N2O5S/c1-7-10(5-12(20-7)21(14,18)19)13(17)15-9-2-3-11(15)8(4-9)6-16/h5,8-9,11,16H,2-4,6H2,1H3,(H2,14,18,19). The second-order valence-electron chi connectivity index (χ2n) is 5.77. The van der Waals surface area contributed by atoms with Crippen molar-refractivity contribution in [3.05, 3.63) is 17.4 Å². The van der Waals surface area contributed by atoms with Crippen molar-refractivity contribution in [2.75, 3.05) is 6.61 Å². The van der Waals surface area contributed by atoms with E-state index in [0.29, 0.717) is 0 Å². The van der Waals surface area contributed by atoms with Crippen molar-refractivity contribution in [2.24, 2.45) is 11.1 Å². The lowest BCUT2D eigenvalue weighted by atomic mass is 9.90. The molecule has 0 spiro atoms. The monoisotopic (exact) mass is 314 g/mol. The molecule has 3 unspecified atom stereocenters. The van der Waals surface area contributed by atoms with Crippen molar-refractivity contribution in [2.45, 2.75) is 43.4 Å². The van der Waals surface area contributed by atoms with Crippen molar-refractivity contribution in [1.29, 1.82) is 0 Å². The summed E-state index contributed by atoms with van der Waals surface area (Å²) in [6.07, 6.45) is 2.60. The molecule has 2 fully saturated rings. The normalized spacial score (nSPS) is 28.3. The first-order valence-electron chi connectivity index (χ1n) is 6.89. The topological polar surface area (TPSA) is 114 Å². The van der Waals surface area contributed by atoms with Gasteiger partial charge in [0.2, 0.25) is 5.09 Å². The van der Waals surface area contributed by atoms with Gasteiger partial charge in [-0.3, -0.25) is 4.79 Å². The van der Waals surface area contributed by atoms with Gasteiger partial charge in [0.1, 0.15) is 5.76 Å². The molecule has 3 atom stereocenters. The molecule has 2 aliphatic rings. The summed E-state index contributed by atoms with van der Waals surface area (Å²) in [5, 5.41) is 14.0. The molecule has 0 radical (unpaired) electrons. The zero-order valence-corrected chi connectivity index (χ0v) is 12.5. The highest BCUT2D eigenvalue weighted by Gasteiger charge is 2.48. The van der Waals surface area contributed by atoms with Crippen LogP contribution in [0.1, 0.15) is 35.4 Å². The quantitative estimate of drug-likeness (QED) is 0.828. The van der Waals surface area contributed by atoms with E-state index in [2.05, 4.69) is 0 Å². The third-order valence-electron chi connectivity index (χ3n) is 4.54. The summed E-state index contributed by atoms with van der Waals surface area (Å²) in [4.78, 5) is 14.4. The molecule has 2 aliphatic heterocycles. The van der Waals surface area contributed by atoms with Crippen LogP contribution < -0.4 is 5.14 Å². The van der Waals surface area contributed by atoms with Gasteiger partial charge in [-0.25, -0.2) is 13.6 Å². The number of hydrogen-bond donors (Lipinski definition) is 2. The lowest BCUT2D eigenvalue weighted by Crippen LogP contribution is -2.37. The lowest BCUT2D eigenvalue weighted by molar-refractivity contribution is 0.0706. The van der Waals surface area contributed by atoms with Crippen LogP contribution in [0.15, 0.2) is 15.6 Å². The average Bonchev–Trinajstić information content (AvgIpc) is 3.08. The Kier molecular flexibility index (Phi) is 3.34. The van der Waals surface area contributed by atoms with E-state index in [4.69, 9.17) is 9.56 Å². The Hall–Kier alpha value is -1.38. The minimum atomic E-state index is -3.97. The van der Waals surface area contributed by atoms with E-state index in [1.807, 2.05) is 0 Å². The first-order chi connectivity index (χ1) is 9.82. The summed E-state index contributed by atoms with van der Waals surface area (Å²) in [7, 11) is -3.97. The number of carbonyl (C=O) groups is 1. The van der Waals surface area contributed by atoms with Crippen LogP contribution in [0.4, 0.5) is 0 Å². The summed E-state index contributed by atoms with van der Waals surface area (Å²) in [6.45, 7) is 1.61. The highest BCUT2D eigenvalue weighted by molar-refractivity contribution is 7.89. The van der Waals surface area contributed by atoms with Crippen LogP contribution in [0.3, 0.4) is 0 Å². The zero-order chi connectivity index (χ0) is 15.4. The van der Waals surface area contributed by atoms with Crippen molar-refractivity contribution in [3.63, 3.8) is 0 Å². The minimum absolute atomic E-state index is 0.0275. The summed E-state index contributed by atoms with van der Waals surface area (Å²) >= 11 is 0. The molecule has 21 heavy (non-hydrogen) atoms. The third kappa shape index (κ3) is 2.27. The molecule has 3 heterocycles. The number of nitrogens with two attached hydrogens (primary N) is 1. The van der Waals surface area contributed by atoms with Gasteiger partial charge in [0.25, 0.3) is 15.9 Å². The molecule has 2 saturated heterocycles. The van der Waals surface area contributed by atoms with Crippen LogP contribution in [-0.2, 0) is 10.0 Å². The molecular formula is C13H18N2O5S. The van der Waals surface area contributed by atoms with Crippen molar-refractivity contribution >= 4 is 15.9 Å². The van der Waals surface area contributed by atoms with E-state index >= 15 is 0 Å². The van der Waals surface area contributed by atoms with Gasteiger partial charge in [-0.2, -0.15) is 0 Å². The number of nitrogens with zero attached hydrogens (tertiary/aromatic N) is 1. The highest BCUT2D eigenvalue weighted by Crippen LogP contribution is 2.42. The van der Waals surface area contributed by atoms with Gasteiger partial charge in [-0.15, -0.1) is 0 Å². The number of rotatable bonds is 3. The van der Waals surface area contributed by atoms with Crippen LogP contribution >= 0.6 is 0 Å². The molecule has 0 saturated carbocycles. The number of aliphatic hydroxyl groups excluding tert-OH is 1. The van der Waals surface area contributed by atoms with E-state index in [-0.39, 0.29) is 41.8 Å². The van der Waals surface area contributed by atoms with E-state index in [1.54, 1.807) is 11.8 Å². The molecule has 1 aromatic rings. The van der Waals surface area contributed by atoms with Gasteiger partial charge in [0.05, 0.1) is 5.56 Å². The van der Waals surface area contributed by atoms with E-state index < -0.39 is 15.1 Å². The van der Waals surface area contributed by atoms with Crippen LogP contribution in [0.25, 0.3) is 0 Å². The number of sulfonamides is 1. The third-order valence-corrected chi connectivity index (χ3v) is 5.30. The molecule has 3 N–H and O–H groups in total. The molecule has 0 aromatic carbocycles. The number of carbonyl (C=O) groups excluding carboxylic acids is 1. The van der Waals surface area contributed by atoms with Crippen molar-refractivity contribution in [3.8, 4) is 0 Å². The molecule has 3 rings (SSSR count). The Morgan fingerprint density at radius 1 is 1.52 bits per heavy atom. The Balaban J connectivity index is 1.92. The largest absolute Gasteiger partial charge is 0.448 e. The van der Waals surface area contributed by atoms with Gasteiger partial charge >= 0.3 is 0 Å². The maximum atomic E-state index is 12.7. The number of fused-ring (bicyclic) bond motifs is 2. The first kappa shape index (κ1) is 14.6. The molecule has 0 aliphatic carbocycles. The Morgan fingerprint density at radius 3 is 2.76 bits per heavy atom. The highest BCUT2D eigenvalue weighted by atomic mass is 32.2. The summed E-state index contributed by atoms with van der Waals surface area (Å²) in [5.41, 5.74) is 0.231. The summed E-state index contributed by atoms with van der Waals surface area (Å²) in [5.74, 6) is 0.114. The number of amides is 1. The van der Waals surface area contributed by atoms with Gasteiger partial charge in [0, 0.05) is 30.7 Å². The molecule has 8 heteroatoms. The predicted molar refractivity (Wildman–Crippen MR) is 73.0 cm³/mol. The van der Waals surface area contributed by atoms with Crippen LogP contribution in [0.2, 0.25) is 0 Å². The van der Waals surface area contributed by atoms with E-state index in [0.717, 1.165) is 19.3 Å². The second kappa shape index (κ2) is 4.82. The summed E-state index contributed by atoms with van der Waals surface area (Å²) in [6, 6.07) is 1.34. The SMILES string of the molecule is Cc1oc(S(N)(=O)=O)cc1C(=O)N1C2CCC1C(CO)C2. The lowest BCUT2D eigenvalue weighted by Gasteiger charge is -2.23. The second-order valence-corrected chi connectivity index (χ2v) is 7.26. The summed E-state index contributed by atoms with van der Waals surface area (Å²) < 4.78 is 27.7. The Labute approximate surface area is 122 Å². The van der Waals surface area contributed by atoms with Crippen molar-refractivity contribution in [1.82, 2.24) is 4.90 Å². The van der Waals surface area contributed by atoms with Crippen LogP contribution in [0.5, 0.6) is 0 Å². The first-order valence-corrected chi connectivity index (χ1v) is 8.44. The Morgan fingerprint density at radius 2 is 2.24 bits per heavy atom. The van der Waals surface area contributed by atoms with Gasteiger partial charge < -0.3 is 14.4 Å². The number of hydrogen-bond acceptors (Lipinski definition) is 5. The molecule has 1 aromatic heterocycles. The number of aryl methyl sites for hydroxylation is 1. The molecule has 7 nitrogen and oxygen atoms in total. The maximum absolute atomic E-state index is 12.7. The van der Waals surface area contributed by atoms with E-state index in [1.165, 1.54) is 6.07 Å². The molecular weight excluding hydrogens is 296 g/mol. The van der Waals surface area contributed by atoms with Crippen molar-refractivity contribution < 1.29 is 22.7 Å². The minimum Gasteiger partial charge on any atom is -0.448 e. The fraction of sp³-hybridized carbons (Fsp3) is 0.615. The number of furan rings is 1. The molecule has 116 valence electrons. The van der Waals surface area contributed by atoms with E-state index in [9.17, 15) is 18.3 Å². The van der Waals surface area contributed by atoms with Crippen LogP contribution in [-0.4, -0.2) is 43.0 Å². The van der Waals surface area contributed by atoms with Gasteiger partial charge in [0.15, 0.2) is 0 Å². The number of primary sulfonamides is 1. The number of aliphatic hydroxyl groups is 1. The van der Waals surface area contributed by atoms with Gasteiger partial charge in [-0.05, 0) is 26.2 Å². The Bertz CT molecular complexity index is 681. The maximum Gasteiger partial charge on any atom is 0.271 e.